The number of ketones is 1. The second kappa shape index (κ2) is 6.39. The molecule has 3 heterocycles. The molecule has 2 aliphatic carbocycles. The molecule has 7 rings (SSSR count). The van der Waals surface area contributed by atoms with E-state index in [1.165, 1.54) is 4.68 Å². The molecule has 1 aromatic heterocycles. The molecule has 2 unspecified atom stereocenters. The molecule has 1 spiro atoms. The minimum atomic E-state index is -1.01. The topological polar surface area (TPSA) is 103 Å². The summed E-state index contributed by atoms with van der Waals surface area (Å²) < 4.78 is 14.1. The van der Waals surface area contributed by atoms with Gasteiger partial charge in [-0.15, -0.1) is 0 Å². The average Bonchev–Trinajstić information content (AvgIpc) is 3.43. The second-order valence-corrected chi connectivity index (χ2v) is 9.55. The molecule has 1 saturated heterocycles. The van der Waals surface area contributed by atoms with Gasteiger partial charge in [0.05, 0.1) is 16.7 Å². The molecule has 2 aliphatic heterocycles. The predicted molar refractivity (Wildman–Crippen MR) is 116 cm³/mol. The highest BCUT2D eigenvalue weighted by atomic mass is 16.5. The number of tetrazole rings is 1. The van der Waals surface area contributed by atoms with Crippen molar-refractivity contribution in [2.75, 3.05) is 13.6 Å². The first-order valence-electron chi connectivity index (χ1n) is 11.3. The van der Waals surface area contributed by atoms with Crippen molar-refractivity contribution in [3.63, 3.8) is 0 Å². The number of hydrogen-bond acceptors (Lipinski definition) is 8. The zero-order valence-electron chi connectivity index (χ0n) is 18.1. The number of nitrogens with zero attached hydrogens (tertiary/aromatic N) is 5. The maximum atomic E-state index is 13.1. The van der Waals surface area contributed by atoms with Crippen molar-refractivity contribution in [1.82, 2.24) is 25.1 Å². The molecular weight excluding hydrogens is 422 g/mol. The van der Waals surface area contributed by atoms with Crippen LogP contribution in [0, 0.1) is 0 Å². The summed E-state index contributed by atoms with van der Waals surface area (Å²) in [5.41, 5.74) is 1.05. The minimum absolute atomic E-state index is 0.0407. The Labute approximate surface area is 189 Å². The largest absolute Gasteiger partial charge is 0.477 e. The number of benzene rings is 2. The Morgan fingerprint density at radius 2 is 2.03 bits per heavy atom. The van der Waals surface area contributed by atoms with E-state index in [-0.39, 0.29) is 17.8 Å². The third-order valence-electron chi connectivity index (χ3n) is 8.15. The molecule has 9 nitrogen and oxygen atoms in total. The number of carbonyl (C=O) groups is 1. The van der Waals surface area contributed by atoms with Gasteiger partial charge in [0, 0.05) is 18.0 Å². The molecule has 3 aromatic rings. The van der Waals surface area contributed by atoms with E-state index >= 15 is 0 Å². The molecule has 0 amide bonds. The Hall–Kier alpha value is -3.30. The summed E-state index contributed by atoms with van der Waals surface area (Å²) in [6, 6.07) is 13.5. The molecule has 2 fully saturated rings. The van der Waals surface area contributed by atoms with Crippen LogP contribution in [0.4, 0.5) is 0 Å². The molecule has 2 bridgehead atoms. The van der Waals surface area contributed by atoms with E-state index < -0.39 is 17.1 Å². The fourth-order valence-electron chi connectivity index (χ4n) is 6.68. The number of likely N-dealkylation sites (N-methyl/N-ethyl adjacent to an activating group) is 1. The third kappa shape index (κ3) is 2.28. The van der Waals surface area contributed by atoms with Crippen LogP contribution in [0.3, 0.4) is 0 Å². The quantitative estimate of drug-likeness (QED) is 0.651. The lowest BCUT2D eigenvalue weighted by atomic mass is 9.49. The lowest BCUT2D eigenvalue weighted by molar-refractivity contribution is -0.185. The SMILES string of the molecule is CN1CC[C@]23c4c5ccc(Oc6nnnn6-c6ccccc6)c4OC2C(=O)CCC3(O)[C@H]1C5. The first-order valence-corrected chi connectivity index (χ1v) is 11.3. The first-order chi connectivity index (χ1) is 16.0. The van der Waals surface area contributed by atoms with E-state index in [1.807, 2.05) is 42.5 Å². The summed E-state index contributed by atoms with van der Waals surface area (Å²) >= 11 is 0. The van der Waals surface area contributed by atoms with Gasteiger partial charge in [0.25, 0.3) is 0 Å². The Bertz CT molecular complexity index is 1290. The van der Waals surface area contributed by atoms with Gasteiger partial charge < -0.3 is 19.5 Å². The summed E-state index contributed by atoms with van der Waals surface area (Å²) in [6.45, 7) is 0.802. The van der Waals surface area contributed by atoms with Crippen molar-refractivity contribution >= 4 is 5.78 Å². The zero-order valence-corrected chi connectivity index (χ0v) is 18.1. The van der Waals surface area contributed by atoms with Crippen LogP contribution < -0.4 is 9.47 Å². The summed E-state index contributed by atoms with van der Waals surface area (Å²) in [6.07, 6.45) is 1.45. The van der Waals surface area contributed by atoms with Crippen molar-refractivity contribution in [2.45, 2.75) is 48.8 Å². The highest BCUT2D eigenvalue weighted by Gasteiger charge is 2.72. The number of rotatable bonds is 3. The van der Waals surface area contributed by atoms with Gasteiger partial charge in [-0.25, -0.2) is 0 Å². The highest BCUT2D eigenvalue weighted by molar-refractivity contribution is 5.90. The summed E-state index contributed by atoms with van der Waals surface area (Å²) in [5.74, 6) is 1.04. The Morgan fingerprint density at radius 3 is 2.88 bits per heavy atom. The van der Waals surface area contributed by atoms with E-state index in [2.05, 4.69) is 27.5 Å². The van der Waals surface area contributed by atoms with Crippen LogP contribution in [-0.2, 0) is 16.6 Å². The number of piperidine rings is 1. The van der Waals surface area contributed by atoms with Gasteiger partial charge >= 0.3 is 6.01 Å². The van der Waals surface area contributed by atoms with Crippen LogP contribution in [-0.4, -0.2) is 67.3 Å². The second-order valence-electron chi connectivity index (χ2n) is 9.55. The summed E-state index contributed by atoms with van der Waals surface area (Å²) in [5, 5.41) is 24.0. The molecule has 4 atom stereocenters. The molecule has 33 heavy (non-hydrogen) atoms. The lowest BCUT2D eigenvalue weighted by Gasteiger charge is -2.61. The lowest BCUT2D eigenvalue weighted by Crippen LogP contribution is -2.76. The monoisotopic (exact) mass is 445 g/mol. The van der Waals surface area contributed by atoms with Crippen LogP contribution in [0.1, 0.15) is 30.4 Å². The van der Waals surface area contributed by atoms with Crippen molar-refractivity contribution in [1.29, 1.82) is 0 Å². The van der Waals surface area contributed by atoms with Gasteiger partial charge in [-0.3, -0.25) is 4.79 Å². The average molecular weight is 445 g/mol. The van der Waals surface area contributed by atoms with Gasteiger partial charge in [0.2, 0.25) is 0 Å². The molecule has 1 saturated carbocycles. The number of ether oxygens (including phenoxy) is 2. The van der Waals surface area contributed by atoms with E-state index in [9.17, 15) is 9.90 Å². The number of aromatic nitrogens is 4. The van der Waals surface area contributed by atoms with Gasteiger partial charge in [-0.2, -0.15) is 4.68 Å². The minimum Gasteiger partial charge on any atom is -0.477 e. The van der Waals surface area contributed by atoms with Gasteiger partial charge in [0.1, 0.15) is 0 Å². The number of likely N-dealkylation sites (tertiary alicyclic amines) is 1. The number of aliphatic hydroxyl groups is 1. The van der Waals surface area contributed by atoms with Crippen LogP contribution in [0.2, 0.25) is 0 Å². The highest BCUT2D eigenvalue weighted by Crippen LogP contribution is 2.64. The van der Waals surface area contributed by atoms with Gasteiger partial charge in [-0.1, -0.05) is 29.4 Å². The van der Waals surface area contributed by atoms with Crippen molar-refractivity contribution in [3.8, 4) is 23.2 Å². The van der Waals surface area contributed by atoms with Crippen molar-refractivity contribution < 1.29 is 19.4 Å². The standard InChI is InChI=1S/C24H23N5O4/c1-28-12-11-23-19-14-7-8-17(32-22-25-26-27-29(22)15-5-3-2-4-6-15)20(19)33-21(23)16(30)9-10-24(23,31)18(28)13-14/h2-8,18,21,31H,9-13H2,1H3/t18-,21?,23+,24?/m1/s1. The normalized spacial score (nSPS) is 31.8. The Balaban J connectivity index is 1.38. The zero-order chi connectivity index (χ0) is 22.4. The van der Waals surface area contributed by atoms with E-state index in [0.717, 1.165) is 23.4 Å². The summed E-state index contributed by atoms with van der Waals surface area (Å²) in [7, 11) is 2.06. The Kier molecular flexibility index (Phi) is 3.72. The first kappa shape index (κ1) is 19.2. The molecular formula is C24H23N5O4. The van der Waals surface area contributed by atoms with Crippen LogP contribution in [0.5, 0.6) is 17.5 Å². The predicted octanol–water partition coefficient (Wildman–Crippen LogP) is 1.81. The van der Waals surface area contributed by atoms with Crippen molar-refractivity contribution in [3.05, 3.63) is 53.6 Å². The fraction of sp³-hybridized carbons (Fsp3) is 0.417. The van der Waals surface area contributed by atoms with Crippen LogP contribution >= 0.6 is 0 Å². The van der Waals surface area contributed by atoms with E-state index in [1.54, 1.807) is 0 Å². The van der Waals surface area contributed by atoms with E-state index in [4.69, 9.17) is 9.47 Å². The molecule has 0 radical (unpaired) electrons. The third-order valence-corrected chi connectivity index (χ3v) is 8.15. The van der Waals surface area contributed by atoms with Crippen molar-refractivity contribution in [2.24, 2.45) is 0 Å². The number of hydrogen-bond donors (Lipinski definition) is 1. The Morgan fingerprint density at radius 1 is 1.18 bits per heavy atom. The smallest absolute Gasteiger partial charge is 0.346 e. The summed E-state index contributed by atoms with van der Waals surface area (Å²) in [4.78, 5) is 15.3. The molecule has 168 valence electrons. The van der Waals surface area contributed by atoms with Gasteiger partial charge in [0.15, 0.2) is 23.4 Å². The molecule has 1 N–H and O–H groups in total. The molecule has 2 aromatic carbocycles. The molecule has 4 aliphatic rings. The van der Waals surface area contributed by atoms with Crippen LogP contribution in [0.25, 0.3) is 5.69 Å². The molecule has 9 heteroatoms. The maximum Gasteiger partial charge on any atom is 0.346 e. The van der Waals surface area contributed by atoms with E-state index in [0.29, 0.717) is 37.2 Å². The fourth-order valence-corrected chi connectivity index (χ4v) is 6.68. The number of para-hydroxylation sites is 1. The maximum absolute atomic E-state index is 13.1. The number of carbonyl (C=O) groups excluding carboxylic acids is 1. The van der Waals surface area contributed by atoms with Crippen LogP contribution in [0.15, 0.2) is 42.5 Å². The number of Topliss-reactive ketones (excluding diaryl/α,β-unsaturated/α-hetero) is 1. The van der Waals surface area contributed by atoms with Gasteiger partial charge in [-0.05, 0) is 67.0 Å².